The van der Waals surface area contributed by atoms with Crippen molar-refractivity contribution in [3.8, 4) is 0 Å². The number of likely N-dealkylation sites (tertiary alicyclic amines) is 1. The highest BCUT2D eigenvalue weighted by molar-refractivity contribution is 5.79. The van der Waals surface area contributed by atoms with Crippen LogP contribution in [0.25, 0.3) is 0 Å². The maximum atomic E-state index is 12.3. The molecule has 2 N–H and O–H groups in total. The second-order valence-corrected chi connectivity index (χ2v) is 6.19. The lowest BCUT2D eigenvalue weighted by Crippen LogP contribution is -2.38. The van der Waals surface area contributed by atoms with Crippen LogP contribution < -0.4 is 5.73 Å². The summed E-state index contributed by atoms with van der Waals surface area (Å²) in [6, 6.07) is 0.214. The lowest BCUT2D eigenvalue weighted by Gasteiger charge is -2.32. The van der Waals surface area contributed by atoms with E-state index < -0.39 is 0 Å². The molecular weight excluding hydrogens is 212 g/mol. The fourth-order valence-corrected chi connectivity index (χ4v) is 3.28. The standard InChI is InChI=1S/C14H26N2O/c1-10(2)11-3-5-12(6-4-11)14(17)16-8-7-13(15)9-16/h10-13H,3-9,15H2,1-2H3. The van der Waals surface area contributed by atoms with Gasteiger partial charge in [-0.15, -0.1) is 0 Å². The minimum Gasteiger partial charge on any atom is -0.341 e. The fourth-order valence-electron chi connectivity index (χ4n) is 3.28. The Bertz CT molecular complexity index is 269. The van der Waals surface area contributed by atoms with Crippen LogP contribution in [0, 0.1) is 17.8 Å². The van der Waals surface area contributed by atoms with Crippen molar-refractivity contribution in [2.24, 2.45) is 23.5 Å². The van der Waals surface area contributed by atoms with E-state index in [0.29, 0.717) is 5.91 Å². The van der Waals surface area contributed by atoms with Crippen molar-refractivity contribution in [3.63, 3.8) is 0 Å². The molecule has 1 aliphatic carbocycles. The van der Waals surface area contributed by atoms with Crippen LogP contribution >= 0.6 is 0 Å². The first kappa shape index (κ1) is 12.9. The predicted molar refractivity (Wildman–Crippen MR) is 69.5 cm³/mol. The Morgan fingerprint density at radius 3 is 2.29 bits per heavy atom. The van der Waals surface area contributed by atoms with Gasteiger partial charge in [0.1, 0.15) is 0 Å². The molecule has 0 radical (unpaired) electrons. The van der Waals surface area contributed by atoms with E-state index in [-0.39, 0.29) is 12.0 Å². The molecule has 3 heteroatoms. The highest BCUT2D eigenvalue weighted by Gasteiger charge is 2.32. The van der Waals surface area contributed by atoms with E-state index in [1.54, 1.807) is 0 Å². The molecule has 1 saturated heterocycles. The number of amides is 1. The Morgan fingerprint density at radius 2 is 1.82 bits per heavy atom. The summed E-state index contributed by atoms with van der Waals surface area (Å²) in [6.45, 7) is 6.26. The average Bonchev–Trinajstić information content (AvgIpc) is 2.75. The second-order valence-electron chi connectivity index (χ2n) is 6.19. The molecule has 0 aromatic heterocycles. The number of hydrogen-bond acceptors (Lipinski definition) is 2. The van der Waals surface area contributed by atoms with Crippen LogP contribution in [0.3, 0.4) is 0 Å². The Kier molecular flexibility index (Phi) is 4.08. The average molecular weight is 238 g/mol. The summed E-state index contributed by atoms with van der Waals surface area (Å²) >= 11 is 0. The summed E-state index contributed by atoms with van der Waals surface area (Å²) in [6.07, 6.45) is 5.62. The lowest BCUT2D eigenvalue weighted by molar-refractivity contribution is -0.135. The minimum atomic E-state index is 0.214. The summed E-state index contributed by atoms with van der Waals surface area (Å²) in [5.41, 5.74) is 5.86. The van der Waals surface area contributed by atoms with Crippen molar-refractivity contribution < 1.29 is 4.79 Å². The van der Waals surface area contributed by atoms with E-state index in [2.05, 4.69) is 13.8 Å². The third-order valence-electron chi connectivity index (χ3n) is 4.60. The van der Waals surface area contributed by atoms with E-state index in [9.17, 15) is 4.79 Å². The zero-order chi connectivity index (χ0) is 12.4. The third kappa shape index (κ3) is 3.01. The first-order chi connectivity index (χ1) is 8.08. The van der Waals surface area contributed by atoms with Gasteiger partial charge < -0.3 is 10.6 Å². The third-order valence-corrected chi connectivity index (χ3v) is 4.60. The molecular formula is C14H26N2O. The molecule has 0 aromatic rings. The number of nitrogens with two attached hydrogens (primary N) is 1. The van der Waals surface area contributed by atoms with E-state index in [4.69, 9.17) is 5.73 Å². The zero-order valence-corrected chi connectivity index (χ0v) is 11.2. The molecule has 1 unspecified atom stereocenters. The van der Waals surface area contributed by atoms with E-state index in [1.165, 1.54) is 12.8 Å². The highest BCUT2D eigenvalue weighted by Crippen LogP contribution is 2.34. The normalized spacial score (nSPS) is 34.4. The van der Waals surface area contributed by atoms with Gasteiger partial charge in [0.05, 0.1) is 0 Å². The van der Waals surface area contributed by atoms with Crippen LogP contribution in [-0.2, 0) is 4.79 Å². The number of carbonyl (C=O) groups is 1. The van der Waals surface area contributed by atoms with Gasteiger partial charge in [0.25, 0.3) is 0 Å². The van der Waals surface area contributed by atoms with Crippen molar-refractivity contribution in [2.45, 2.75) is 52.0 Å². The minimum absolute atomic E-state index is 0.214. The smallest absolute Gasteiger partial charge is 0.225 e. The SMILES string of the molecule is CC(C)C1CCC(C(=O)N2CCC(N)C2)CC1. The number of hydrogen-bond donors (Lipinski definition) is 1. The molecule has 2 rings (SSSR count). The topological polar surface area (TPSA) is 46.3 Å². The van der Waals surface area contributed by atoms with Gasteiger partial charge in [0.15, 0.2) is 0 Å². The van der Waals surface area contributed by atoms with Gasteiger partial charge in [-0.05, 0) is 43.9 Å². The van der Waals surface area contributed by atoms with E-state index in [0.717, 1.165) is 44.2 Å². The fraction of sp³-hybridized carbons (Fsp3) is 0.929. The summed E-state index contributed by atoms with van der Waals surface area (Å²) in [7, 11) is 0. The molecule has 98 valence electrons. The number of carbonyl (C=O) groups excluding carboxylic acids is 1. The van der Waals surface area contributed by atoms with E-state index in [1.807, 2.05) is 4.90 Å². The van der Waals surface area contributed by atoms with Gasteiger partial charge in [0, 0.05) is 25.0 Å². The molecule has 0 aromatic carbocycles. The molecule has 0 bridgehead atoms. The van der Waals surface area contributed by atoms with Crippen molar-refractivity contribution in [2.75, 3.05) is 13.1 Å². The van der Waals surface area contributed by atoms with Gasteiger partial charge in [0.2, 0.25) is 5.91 Å². The summed E-state index contributed by atoms with van der Waals surface area (Å²) in [5, 5.41) is 0. The number of rotatable bonds is 2. The maximum absolute atomic E-state index is 12.3. The molecule has 3 nitrogen and oxygen atoms in total. The Labute approximate surface area is 105 Å². The van der Waals surface area contributed by atoms with Gasteiger partial charge in [-0.25, -0.2) is 0 Å². The molecule has 1 saturated carbocycles. The van der Waals surface area contributed by atoms with Crippen LogP contribution in [0.4, 0.5) is 0 Å². The van der Waals surface area contributed by atoms with Gasteiger partial charge >= 0.3 is 0 Å². The second kappa shape index (κ2) is 5.38. The molecule has 1 heterocycles. The number of nitrogens with zero attached hydrogens (tertiary/aromatic N) is 1. The van der Waals surface area contributed by atoms with Crippen LogP contribution in [0.15, 0.2) is 0 Å². The molecule has 1 atom stereocenters. The monoisotopic (exact) mass is 238 g/mol. The van der Waals surface area contributed by atoms with Crippen molar-refractivity contribution in [1.29, 1.82) is 0 Å². The molecule has 1 amide bonds. The first-order valence-corrected chi connectivity index (χ1v) is 7.12. The Hall–Kier alpha value is -0.570. The van der Waals surface area contributed by atoms with Crippen molar-refractivity contribution in [1.82, 2.24) is 4.90 Å². The largest absolute Gasteiger partial charge is 0.341 e. The predicted octanol–water partition coefficient (Wildman–Crippen LogP) is 2.01. The maximum Gasteiger partial charge on any atom is 0.225 e. The summed E-state index contributed by atoms with van der Waals surface area (Å²) in [4.78, 5) is 14.3. The Balaban J connectivity index is 1.82. The van der Waals surface area contributed by atoms with Crippen LogP contribution in [0.5, 0.6) is 0 Å². The van der Waals surface area contributed by atoms with Crippen molar-refractivity contribution in [3.05, 3.63) is 0 Å². The molecule has 0 spiro atoms. The quantitative estimate of drug-likeness (QED) is 0.800. The van der Waals surface area contributed by atoms with Crippen LogP contribution in [-0.4, -0.2) is 29.9 Å². The van der Waals surface area contributed by atoms with Crippen LogP contribution in [0.1, 0.15) is 46.0 Å². The zero-order valence-electron chi connectivity index (χ0n) is 11.2. The molecule has 1 aliphatic heterocycles. The molecule has 2 fully saturated rings. The van der Waals surface area contributed by atoms with Crippen molar-refractivity contribution >= 4 is 5.91 Å². The highest BCUT2D eigenvalue weighted by atomic mass is 16.2. The van der Waals surface area contributed by atoms with Gasteiger partial charge in [-0.1, -0.05) is 13.8 Å². The van der Waals surface area contributed by atoms with Crippen LogP contribution in [0.2, 0.25) is 0 Å². The Morgan fingerprint density at radius 1 is 1.18 bits per heavy atom. The van der Waals surface area contributed by atoms with E-state index >= 15 is 0 Å². The lowest BCUT2D eigenvalue weighted by atomic mass is 9.76. The summed E-state index contributed by atoms with van der Waals surface area (Å²) in [5.74, 6) is 2.27. The molecule has 17 heavy (non-hydrogen) atoms. The van der Waals surface area contributed by atoms with Gasteiger partial charge in [-0.3, -0.25) is 4.79 Å². The summed E-state index contributed by atoms with van der Waals surface area (Å²) < 4.78 is 0. The molecule has 2 aliphatic rings. The van der Waals surface area contributed by atoms with Gasteiger partial charge in [-0.2, -0.15) is 0 Å². The first-order valence-electron chi connectivity index (χ1n) is 7.12.